The maximum atomic E-state index is 12.5. The van der Waals surface area contributed by atoms with Crippen LogP contribution in [0.4, 0.5) is 0 Å². The van der Waals surface area contributed by atoms with E-state index >= 15 is 0 Å². The molecule has 0 saturated carbocycles. The van der Waals surface area contributed by atoms with Gasteiger partial charge in [0.1, 0.15) is 12.3 Å². The first kappa shape index (κ1) is 19.2. The fourth-order valence-corrected chi connectivity index (χ4v) is 2.85. The molecule has 8 heteroatoms. The molecular formula is C20H21N3O5. The van der Waals surface area contributed by atoms with Gasteiger partial charge in [0.05, 0.1) is 38.6 Å². The second-order valence-electron chi connectivity index (χ2n) is 5.99. The van der Waals surface area contributed by atoms with Gasteiger partial charge in [-0.3, -0.25) is 14.2 Å². The lowest BCUT2D eigenvalue weighted by atomic mass is 10.1. The van der Waals surface area contributed by atoms with E-state index in [1.807, 2.05) is 6.07 Å². The van der Waals surface area contributed by atoms with Crippen molar-refractivity contribution in [3.63, 3.8) is 0 Å². The molecule has 1 heterocycles. The summed E-state index contributed by atoms with van der Waals surface area (Å²) < 4.78 is 17.2. The average Bonchev–Trinajstić information content (AvgIpc) is 2.73. The molecule has 3 aromatic rings. The Kier molecular flexibility index (Phi) is 5.78. The number of ether oxygens (including phenoxy) is 3. The predicted octanol–water partition coefficient (Wildman–Crippen LogP) is 1.74. The van der Waals surface area contributed by atoms with Crippen molar-refractivity contribution in [2.75, 3.05) is 21.3 Å². The molecule has 1 amide bonds. The highest BCUT2D eigenvalue weighted by Gasteiger charge is 2.13. The molecule has 0 unspecified atom stereocenters. The van der Waals surface area contributed by atoms with Gasteiger partial charge < -0.3 is 19.5 Å². The van der Waals surface area contributed by atoms with Gasteiger partial charge in [-0.2, -0.15) is 0 Å². The number of benzene rings is 2. The standard InChI is InChI=1S/C20H21N3O5/c1-26-16-9-18(28-3)17(27-2)8-13(16)10-21-19(24)11-23-12-22-15-7-5-4-6-14(15)20(23)25/h4-9,12H,10-11H2,1-3H3,(H,21,24). The third-order valence-corrected chi connectivity index (χ3v) is 4.31. The van der Waals surface area contributed by atoms with Gasteiger partial charge in [0.2, 0.25) is 5.91 Å². The minimum Gasteiger partial charge on any atom is -0.496 e. The van der Waals surface area contributed by atoms with E-state index in [4.69, 9.17) is 14.2 Å². The van der Waals surface area contributed by atoms with Crippen LogP contribution < -0.4 is 25.1 Å². The number of aromatic nitrogens is 2. The van der Waals surface area contributed by atoms with E-state index in [1.54, 1.807) is 30.3 Å². The van der Waals surface area contributed by atoms with Gasteiger partial charge in [0, 0.05) is 18.2 Å². The lowest BCUT2D eigenvalue weighted by Crippen LogP contribution is -2.32. The number of methoxy groups -OCH3 is 3. The summed E-state index contributed by atoms with van der Waals surface area (Å²) in [6.45, 7) is 0.0738. The molecule has 146 valence electrons. The Morgan fingerprint density at radius 3 is 2.43 bits per heavy atom. The monoisotopic (exact) mass is 383 g/mol. The largest absolute Gasteiger partial charge is 0.496 e. The molecule has 0 saturated heterocycles. The first-order valence-corrected chi connectivity index (χ1v) is 8.57. The number of nitrogens with one attached hydrogen (secondary N) is 1. The van der Waals surface area contributed by atoms with Gasteiger partial charge in [-0.1, -0.05) is 12.1 Å². The van der Waals surface area contributed by atoms with Crippen LogP contribution in [0.15, 0.2) is 47.5 Å². The summed E-state index contributed by atoms with van der Waals surface area (Å²) in [6, 6.07) is 10.4. The summed E-state index contributed by atoms with van der Waals surface area (Å²) in [5.74, 6) is 1.30. The van der Waals surface area contributed by atoms with E-state index in [0.29, 0.717) is 28.2 Å². The van der Waals surface area contributed by atoms with Crippen molar-refractivity contribution in [1.29, 1.82) is 0 Å². The number of carbonyl (C=O) groups excluding carboxylic acids is 1. The SMILES string of the molecule is COc1cc(OC)c(OC)cc1CNC(=O)Cn1cnc2ccccc2c1=O. The van der Waals surface area contributed by atoms with Gasteiger partial charge in [-0.15, -0.1) is 0 Å². The smallest absolute Gasteiger partial charge is 0.261 e. The van der Waals surface area contributed by atoms with Crippen molar-refractivity contribution in [3.05, 3.63) is 58.6 Å². The molecule has 0 atom stereocenters. The highest BCUT2D eigenvalue weighted by molar-refractivity contribution is 5.78. The highest BCUT2D eigenvalue weighted by atomic mass is 16.5. The van der Waals surface area contributed by atoms with Crippen LogP contribution in [0.2, 0.25) is 0 Å². The van der Waals surface area contributed by atoms with Crippen molar-refractivity contribution in [1.82, 2.24) is 14.9 Å². The van der Waals surface area contributed by atoms with Crippen LogP contribution in [-0.4, -0.2) is 36.8 Å². The van der Waals surface area contributed by atoms with Crippen molar-refractivity contribution in [3.8, 4) is 17.2 Å². The van der Waals surface area contributed by atoms with E-state index < -0.39 is 0 Å². The minimum absolute atomic E-state index is 0.133. The number of amides is 1. The molecule has 0 radical (unpaired) electrons. The lowest BCUT2D eigenvalue weighted by molar-refractivity contribution is -0.121. The van der Waals surface area contributed by atoms with Crippen LogP contribution in [-0.2, 0) is 17.9 Å². The Morgan fingerprint density at radius 2 is 1.71 bits per heavy atom. The first-order valence-electron chi connectivity index (χ1n) is 8.57. The minimum atomic E-state index is -0.323. The lowest BCUT2D eigenvalue weighted by Gasteiger charge is -2.15. The quantitative estimate of drug-likeness (QED) is 0.668. The third-order valence-electron chi connectivity index (χ3n) is 4.31. The van der Waals surface area contributed by atoms with E-state index in [-0.39, 0.29) is 24.6 Å². The van der Waals surface area contributed by atoms with Crippen LogP contribution in [0.1, 0.15) is 5.56 Å². The van der Waals surface area contributed by atoms with Crippen LogP contribution in [0, 0.1) is 0 Å². The topological polar surface area (TPSA) is 91.7 Å². The number of rotatable bonds is 7. The molecule has 3 rings (SSSR count). The van der Waals surface area contributed by atoms with E-state index in [9.17, 15) is 9.59 Å². The van der Waals surface area contributed by atoms with Crippen LogP contribution in [0.5, 0.6) is 17.2 Å². The zero-order valence-corrected chi connectivity index (χ0v) is 15.9. The molecule has 2 aromatic carbocycles. The van der Waals surface area contributed by atoms with Gasteiger partial charge >= 0.3 is 0 Å². The van der Waals surface area contributed by atoms with Gasteiger partial charge in [0.15, 0.2) is 11.5 Å². The molecule has 0 aliphatic carbocycles. The fraction of sp³-hybridized carbons (Fsp3) is 0.250. The second kappa shape index (κ2) is 8.43. The molecule has 1 N–H and O–H groups in total. The van der Waals surface area contributed by atoms with Crippen LogP contribution in [0.25, 0.3) is 10.9 Å². The number of hydrogen-bond acceptors (Lipinski definition) is 6. The molecule has 1 aromatic heterocycles. The summed E-state index contributed by atoms with van der Waals surface area (Å²) in [7, 11) is 4.60. The Labute approximate surface area is 161 Å². The number of para-hydroxylation sites is 1. The molecule has 0 bridgehead atoms. The fourth-order valence-electron chi connectivity index (χ4n) is 2.85. The van der Waals surface area contributed by atoms with Crippen molar-refractivity contribution in [2.24, 2.45) is 0 Å². The summed E-state index contributed by atoms with van der Waals surface area (Å²) in [5.41, 5.74) is 1.06. The number of fused-ring (bicyclic) bond motifs is 1. The number of nitrogens with zero attached hydrogens (tertiary/aromatic N) is 2. The summed E-state index contributed by atoms with van der Waals surface area (Å²) >= 11 is 0. The molecule has 0 fully saturated rings. The average molecular weight is 383 g/mol. The Hall–Kier alpha value is -3.55. The van der Waals surface area contributed by atoms with Crippen molar-refractivity contribution in [2.45, 2.75) is 13.1 Å². The molecule has 0 aliphatic rings. The number of hydrogen-bond donors (Lipinski definition) is 1. The zero-order chi connectivity index (χ0) is 20.1. The number of carbonyl (C=O) groups is 1. The van der Waals surface area contributed by atoms with E-state index in [1.165, 1.54) is 32.2 Å². The first-order chi connectivity index (χ1) is 13.6. The normalized spacial score (nSPS) is 10.5. The second-order valence-corrected chi connectivity index (χ2v) is 5.99. The van der Waals surface area contributed by atoms with E-state index in [2.05, 4.69) is 10.3 Å². The molecule has 8 nitrogen and oxygen atoms in total. The Morgan fingerprint density at radius 1 is 1.04 bits per heavy atom. The Balaban J connectivity index is 1.74. The summed E-state index contributed by atoms with van der Waals surface area (Å²) in [6.07, 6.45) is 1.38. The van der Waals surface area contributed by atoms with Crippen LogP contribution >= 0.6 is 0 Å². The van der Waals surface area contributed by atoms with E-state index in [0.717, 1.165) is 5.56 Å². The molecule has 0 spiro atoms. The van der Waals surface area contributed by atoms with Gasteiger partial charge in [-0.25, -0.2) is 4.98 Å². The van der Waals surface area contributed by atoms with Crippen LogP contribution in [0.3, 0.4) is 0 Å². The zero-order valence-electron chi connectivity index (χ0n) is 15.9. The summed E-state index contributed by atoms with van der Waals surface area (Å²) in [5, 5.41) is 3.26. The maximum absolute atomic E-state index is 12.5. The van der Waals surface area contributed by atoms with Gasteiger partial charge in [-0.05, 0) is 18.2 Å². The maximum Gasteiger partial charge on any atom is 0.261 e. The Bertz CT molecular complexity index is 1060. The predicted molar refractivity (Wildman–Crippen MR) is 104 cm³/mol. The third kappa shape index (κ3) is 3.90. The molecule has 28 heavy (non-hydrogen) atoms. The van der Waals surface area contributed by atoms with Crippen molar-refractivity contribution < 1.29 is 19.0 Å². The molecular weight excluding hydrogens is 362 g/mol. The van der Waals surface area contributed by atoms with Crippen molar-refractivity contribution >= 4 is 16.8 Å². The summed E-state index contributed by atoms with van der Waals surface area (Å²) in [4.78, 5) is 29.1. The van der Waals surface area contributed by atoms with Gasteiger partial charge in [0.25, 0.3) is 5.56 Å². The molecule has 0 aliphatic heterocycles. The highest BCUT2D eigenvalue weighted by Crippen LogP contribution is 2.34.